The molecule has 1 unspecified atom stereocenters. The summed E-state index contributed by atoms with van der Waals surface area (Å²) in [7, 11) is -2.45. The third-order valence-corrected chi connectivity index (χ3v) is 5.04. The molecule has 0 spiro atoms. The fourth-order valence-corrected chi connectivity index (χ4v) is 2.38. The molecule has 7 nitrogen and oxygen atoms in total. The molecule has 0 saturated carbocycles. The van der Waals surface area contributed by atoms with Gasteiger partial charge in [-0.05, 0) is 26.8 Å². The predicted molar refractivity (Wildman–Crippen MR) is 79.5 cm³/mol. The standard InChI is InChI=1S/C13H23N3O4S/c1-8(2)13(4,7-14)16-12(17)10-6-11(20-9(10)3)21(18,19)15-5/h6,8,15H,7,14H2,1-5H3,(H,16,17). The fourth-order valence-electron chi connectivity index (χ4n) is 1.67. The SMILES string of the molecule is CNS(=O)(=O)c1cc(C(=O)NC(C)(CN)C(C)C)c(C)o1. The molecule has 1 rings (SSSR count). The van der Waals surface area contributed by atoms with Crippen molar-refractivity contribution in [3.63, 3.8) is 0 Å². The van der Waals surface area contributed by atoms with E-state index in [-0.39, 0.29) is 28.9 Å². The topological polar surface area (TPSA) is 114 Å². The first kappa shape index (κ1) is 17.7. The highest BCUT2D eigenvalue weighted by Gasteiger charge is 2.31. The average molecular weight is 317 g/mol. The maximum Gasteiger partial charge on any atom is 0.273 e. The van der Waals surface area contributed by atoms with Crippen LogP contribution >= 0.6 is 0 Å². The smallest absolute Gasteiger partial charge is 0.273 e. The highest BCUT2D eigenvalue weighted by molar-refractivity contribution is 7.89. The lowest BCUT2D eigenvalue weighted by Crippen LogP contribution is -2.55. The van der Waals surface area contributed by atoms with Gasteiger partial charge in [-0.1, -0.05) is 13.8 Å². The van der Waals surface area contributed by atoms with E-state index in [9.17, 15) is 13.2 Å². The number of hydrogen-bond acceptors (Lipinski definition) is 5. The van der Waals surface area contributed by atoms with Crippen molar-refractivity contribution in [3.8, 4) is 0 Å². The van der Waals surface area contributed by atoms with Crippen molar-refractivity contribution in [1.82, 2.24) is 10.0 Å². The van der Waals surface area contributed by atoms with E-state index < -0.39 is 21.5 Å². The quantitative estimate of drug-likeness (QED) is 0.711. The van der Waals surface area contributed by atoms with Gasteiger partial charge >= 0.3 is 0 Å². The van der Waals surface area contributed by atoms with Crippen LogP contribution in [-0.2, 0) is 10.0 Å². The van der Waals surface area contributed by atoms with Gasteiger partial charge in [0.1, 0.15) is 5.76 Å². The summed E-state index contributed by atoms with van der Waals surface area (Å²) in [4.78, 5) is 12.3. The number of nitrogens with one attached hydrogen (secondary N) is 2. The van der Waals surface area contributed by atoms with Gasteiger partial charge in [-0.25, -0.2) is 13.1 Å². The highest BCUT2D eigenvalue weighted by atomic mass is 32.2. The first-order valence-corrected chi connectivity index (χ1v) is 8.12. The van der Waals surface area contributed by atoms with E-state index in [1.54, 1.807) is 6.92 Å². The van der Waals surface area contributed by atoms with Crippen LogP contribution in [0.1, 0.15) is 36.9 Å². The zero-order valence-electron chi connectivity index (χ0n) is 13.0. The van der Waals surface area contributed by atoms with Crippen LogP contribution in [0.15, 0.2) is 15.6 Å². The second-order valence-electron chi connectivity index (χ2n) is 5.47. The Hall–Kier alpha value is -1.38. The van der Waals surface area contributed by atoms with E-state index in [0.717, 1.165) is 0 Å². The van der Waals surface area contributed by atoms with Crippen molar-refractivity contribution in [2.45, 2.75) is 38.3 Å². The average Bonchev–Trinajstić information content (AvgIpc) is 2.81. The second-order valence-corrected chi connectivity index (χ2v) is 7.29. The van der Waals surface area contributed by atoms with Gasteiger partial charge in [0, 0.05) is 12.6 Å². The molecule has 0 aliphatic rings. The number of nitrogens with two attached hydrogens (primary N) is 1. The van der Waals surface area contributed by atoms with E-state index in [1.165, 1.54) is 13.1 Å². The monoisotopic (exact) mass is 317 g/mol. The molecule has 1 heterocycles. The number of carbonyl (C=O) groups excluding carboxylic acids is 1. The van der Waals surface area contributed by atoms with Gasteiger partial charge < -0.3 is 15.5 Å². The molecule has 1 atom stereocenters. The molecule has 8 heteroatoms. The third kappa shape index (κ3) is 3.63. The normalized spacial score (nSPS) is 15.0. The van der Waals surface area contributed by atoms with Crippen molar-refractivity contribution < 1.29 is 17.6 Å². The molecule has 120 valence electrons. The molecule has 0 saturated heterocycles. The maximum atomic E-state index is 12.3. The summed E-state index contributed by atoms with van der Waals surface area (Å²) in [5.41, 5.74) is 5.33. The van der Waals surface area contributed by atoms with Crippen molar-refractivity contribution in [3.05, 3.63) is 17.4 Å². The Morgan fingerprint density at radius 1 is 1.48 bits per heavy atom. The largest absolute Gasteiger partial charge is 0.448 e. The van der Waals surface area contributed by atoms with Crippen LogP contribution in [0.25, 0.3) is 0 Å². The third-order valence-electron chi connectivity index (χ3n) is 3.77. The van der Waals surface area contributed by atoms with E-state index in [0.29, 0.717) is 0 Å². The summed E-state index contributed by atoms with van der Waals surface area (Å²) in [6.45, 7) is 7.56. The molecular formula is C13H23N3O4S. The predicted octanol–water partition coefficient (Wildman–Crippen LogP) is 0.599. The van der Waals surface area contributed by atoms with Crippen LogP contribution < -0.4 is 15.8 Å². The number of carbonyl (C=O) groups is 1. The molecule has 1 aromatic rings. The molecule has 0 aromatic carbocycles. The molecule has 21 heavy (non-hydrogen) atoms. The Bertz CT molecular complexity index is 621. The highest BCUT2D eigenvalue weighted by Crippen LogP contribution is 2.21. The number of rotatable bonds is 6. The van der Waals surface area contributed by atoms with Gasteiger partial charge in [0.2, 0.25) is 5.09 Å². The molecule has 0 aliphatic carbocycles. The number of amides is 1. The van der Waals surface area contributed by atoms with Gasteiger partial charge in [-0.3, -0.25) is 4.79 Å². The minimum atomic E-state index is -3.72. The maximum absolute atomic E-state index is 12.3. The Balaban J connectivity index is 3.10. The molecule has 1 amide bonds. The minimum absolute atomic E-state index is 0.124. The lowest BCUT2D eigenvalue weighted by atomic mass is 9.88. The number of furan rings is 1. The van der Waals surface area contributed by atoms with E-state index in [4.69, 9.17) is 10.2 Å². The molecule has 0 radical (unpaired) electrons. The number of aryl methyl sites for hydroxylation is 1. The van der Waals surface area contributed by atoms with Crippen molar-refractivity contribution >= 4 is 15.9 Å². The van der Waals surface area contributed by atoms with Crippen LogP contribution in [0.5, 0.6) is 0 Å². The first-order valence-electron chi connectivity index (χ1n) is 6.64. The van der Waals surface area contributed by atoms with E-state index in [1.807, 2.05) is 20.8 Å². The summed E-state index contributed by atoms with van der Waals surface area (Å²) in [5, 5.41) is 2.56. The number of hydrogen-bond donors (Lipinski definition) is 3. The Labute approximate surface area is 125 Å². The minimum Gasteiger partial charge on any atom is -0.448 e. The first-order chi connectivity index (χ1) is 9.57. The fraction of sp³-hybridized carbons (Fsp3) is 0.615. The Morgan fingerprint density at radius 3 is 2.48 bits per heavy atom. The summed E-state index contributed by atoms with van der Waals surface area (Å²) in [6, 6.07) is 1.22. The number of sulfonamides is 1. The van der Waals surface area contributed by atoms with Crippen LogP contribution in [0.4, 0.5) is 0 Å². The molecular weight excluding hydrogens is 294 g/mol. The van der Waals surface area contributed by atoms with Gasteiger partial charge in [0.05, 0.1) is 11.1 Å². The van der Waals surface area contributed by atoms with Gasteiger partial charge in [0.15, 0.2) is 0 Å². The molecule has 0 aliphatic heterocycles. The van der Waals surface area contributed by atoms with Gasteiger partial charge in [-0.15, -0.1) is 0 Å². The van der Waals surface area contributed by atoms with Crippen LogP contribution in [0.3, 0.4) is 0 Å². The molecule has 0 fully saturated rings. The summed E-state index contributed by atoms with van der Waals surface area (Å²) >= 11 is 0. The zero-order chi connectivity index (χ0) is 16.4. The van der Waals surface area contributed by atoms with Crippen molar-refractivity contribution in [2.75, 3.05) is 13.6 Å². The zero-order valence-corrected chi connectivity index (χ0v) is 13.8. The Kier molecular flexibility index (Phi) is 5.19. The van der Waals surface area contributed by atoms with Gasteiger partial charge in [-0.2, -0.15) is 0 Å². The molecule has 0 bridgehead atoms. The summed E-state index contributed by atoms with van der Waals surface area (Å²) in [5.74, 6) is -0.0425. The van der Waals surface area contributed by atoms with Crippen LogP contribution in [0.2, 0.25) is 0 Å². The van der Waals surface area contributed by atoms with Crippen molar-refractivity contribution in [1.29, 1.82) is 0 Å². The van der Waals surface area contributed by atoms with Crippen LogP contribution in [-0.4, -0.2) is 33.5 Å². The van der Waals surface area contributed by atoms with E-state index >= 15 is 0 Å². The van der Waals surface area contributed by atoms with Gasteiger partial charge in [0.25, 0.3) is 15.9 Å². The van der Waals surface area contributed by atoms with Crippen molar-refractivity contribution in [2.24, 2.45) is 11.7 Å². The summed E-state index contributed by atoms with van der Waals surface area (Å²) in [6.07, 6.45) is 0. The van der Waals surface area contributed by atoms with E-state index in [2.05, 4.69) is 10.0 Å². The molecule has 4 N–H and O–H groups in total. The Morgan fingerprint density at radius 2 is 2.05 bits per heavy atom. The summed E-state index contributed by atoms with van der Waals surface area (Å²) < 4.78 is 30.7. The lowest BCUT2D eigenvalue weighted by Gasteiger charge is -2.33. The second kappa shape index (κ2) is 6.17. The molecule has 1 aromatic heterocycles. The lowest BCUT2D eigenvalue weighted by molar-refractivity contribution is 0.0881. The van der Waals surface area contributed by atoms with Crippen LogP contribution in [0, 0.1) is 12.8 Å².